The first-order valence-electron chi connectivity index (χ1n) is 8.41. The van der Waals surface area contributed by atoms with Gasteiger partial charge >= 0.3 is 5.97 Å². The summed E-state index contributed by atoms with van der Waals surface area (Å²) in [7, 11) is 0. The van der Waals surface area contributed by atoms with Crippen LogP contribution in [0.15, 0.2) is 0 Å². The van der Waals surface area contributed by atoms with Crippen LogP contribution in [-0.4, -0.2) is 47.6 Å². The third kappa shape index (κ3) is 5.30. The van der Waals surface area contributed by atoms with E-state index < -0.39 is 5.97 Å². The second-order valence-corrected chi connectivity index (χ2v) is 6.42. The van der Waals surface area contributed by atoms with Crippen molar-refractivity contribution in [3.05, 3.63) is 0 Å². The monoisotopic (exact) mass is 296 g/mol. The highest BCUT2D eigenvalue weighted by Crippen LogP contribution is 2.24. The summed E-state index contributed by atoms with van der Waals surface area (Å²) in [5.41, 5.74) is 0. The van der Waals surface area contributed by atoms with Crippen molar-refractivity contribution in [2.75, 3.05) is 19.6 Å². The van der Waals surface area contributed by atoms with Gasteiger partial charge < -0.3 is 15.3 Å². The number of rotatable bonds is 4. The molecule has 0 spiro atoms. The topological polar surface area (TPSA) is 69.6 Å². The van der Waals surface area contributed by atoms with Crippen LogP contribution in [0.25, 0.3) is 0 Å². The summed E-state index contributed by atoms with van der Waals surface area (Å²) in [6, 6.07) is 0.305. The molecule has 1 aliphatic heterocycles. The van der Waals surface area contributed by atoms with Crippen molar-refractivity contribution in [1.82, 2.24) is 10.2 Å². The van der Waals surface area contributed by atoms with Crippen molar-refractivity contribution in [3.63, 3.8) is 0 Å². The molecular weight excluding hydrogens is 268 g/mol. The van der Waals surface area contributed by atoms with Gasteiger partial charge in [0.15, 0.2) is 0 Å². The highest BCUT2D eigenvalue weighted by molar-refractivity contribution is 5.78. The lowest BCUT2D eigenvalue weighted by Gasteiger charge is -2.29. The Kier molecular flexibility index (Phi) is 6.49. The van der Waals surface area contributed by atoms with Gasteiger partial charge in [-0.25, -0.2) is 0 Å². The number of likely N-dealkylation sites (tertiary alicyclic amines) is 1. The Bertz CT molecular complexity index is 343. The lowest BCUT2D eigenvalue weighted by Crippen LogP contribution is -2.44. The Hall–Kier alpha value is -1.10. The van der Waals surface area contributed by atoms with E-state index in [1.165, 1.54) is 19.3 Å². The molecule has 1 saturated carbocycles. The Morgan fingerprint density at radius 3 is 2.10 bits per heavy atom. The van der Waals surface area contributed by atoms with E-state index >= 15 is 0 Å². The van der Waals surface area contributed by atoms with Crippen LogP contribution in [0.1, 0.15) is 57.8 Å². The van der Waals surface area contributed by atoms with E-state index in [9.17, 15) is 9.59 Å². The fourth-order valence-electron chi connectivity index (χ4n) is 3.38. The minimum absolute atomic E-state index is 0.187. The molecule has 0 aromatic carbocycles. The molecule has 0 bridgehead atoms. The number of carbonyl (C=O) groups is 2. The highest BCUT2D eigenvalue weighted by atomic mass is 16.4. The molecule has 1 amide bonds. The SMILES string of the molecule is O=C(O)C1CCC(NCC(=O)N2CCCCCCC2)CC1. The second kappa shape index (κ2) is 8.37. The van der Waals surface area contributed by atoms with Crippen molar-refractivity contribution in [2.24, 2.45) is 5.92 Å². The van der Waals surface area contributed by atoms with E-state index in [1.54, 1.807) is 0 Å². The number of nitrogens with zero attached hydrogens (tertiary/aromatic N) is 1. The van der Waals surface area contributed by atoms with Crippen molar-refractivity contribution in [3.8, 4) is 0 Å². The number of hydrogen-bond donors (Lipinski definition) is 2. The Morgan fingerprint density at radius 2 is 1.52 bits per heavy atom. The molecule has 2 N–H and O–H groups in total. The van der Waals surface area contributed by atoms with Gasteiger partial charge in [0.2, 0.25) is 5.91 Å². The minimum atomic E-state index is -0.676. The Balaban J connectivity index is 1.67. The van der Waals surface area contributed by atoms with Gasteiger partial charge in [0.1, 0.15) is 0 Å². The van der Waals surface area contributed by atoms with Gasteiger partial charge in [0.25, 0.3) is 0 Å². The molecule has 21 heavy (non-hydrogen) atoms. The number of carbonyl (C=O) groups excluding carboxylic acids is 1. The lowest BCUT2D eigenvalue weighted by molar-refractivity contribution is -0.143. The van der Waals surface area contributed by atoms with Crippen LogP contribution in [0.5, 0.6) is 0 Å². The number of nitrogens with one attached hydrogen (secondary N) is 1. The molecule has 0 aromatic rings. The normalized spacial score (nSPS) is 27.7. The van der Waals surface area contributed by atoms with Crippen LogP contribution in [0, 0.1) is 5.92 Å². The predicted molar refractivity (Wildman–Crippen MR) is 81.0 cm³/mol. The average Bonchev–Trinajstić information content (AvgIpc) is 2.45. The quantitative estimate of drug-likeness (QED) is 0.832. The van der Waals surface area contributed by atoms with Crippen molar-refractivity contribution in [2.45, 2.75) is 63.8 Å². The number of amides is 1. The van der Waals surface area contributed by atoms with E-state index in [2.05, 4.69) is 5.32 Å². The van der Waals surface area contributed by atoms with Crippen LogP contribution >= 0.6 is 0 Å². The zero-order valence-electron chi connectivity index (χ0n) is 12.9. The van der Waals surface area contributed by atoms with Crippen LogP contribution < -0.4 is 5.32 Å². The molecule has 2 aliphatic rings. The average molecular weight is 296 g/mol. The molecule has 5 nitrogen and oxygen atoms in total. The van der Waals surface area contributed by atoms with Crippen LogP contribution in [0.4, 0.5) is 0 Å². The van der Waals surface area contributed by atoms with Crippen LogP contribution in [-0.2, 0) is 9.59 Å². The van der Waals surface area contributed by atoms with Crippen LogP contribution in [0.3, 0.4) is 0 Å². The standard InChI is InChI=1S/C16H28N2O3/c19-15(18-10-4-2-1-3-5-11-18)12-17-14-8-6-13(7-9-14)16(20)21/h13-14,17H,1-12H2,(H,20,21). The van der Waals surface area contributed by atoms with E-state index in [4.69, 9.17) is 5.11 Å². The maximum Gasteiger partial charge on any atom is 0.306 e. The maximum atomic E-state index is 12.2. The summed E-state index contributed by atoms with van der Waals surface area (Å²) in [5.74, 6) is -0.657. The first kappa shape index (κ1) is 16.3. The van der Waals surface area contributed by atoms with Crippen molar-refractivity contribution in [1.29, 1.82) is 0 Å². The molecule has 2 rings (SSSR count). The van der Waals surface area contributed by atoms with Crippen molar-refractivity contribution < 1.29 is 14.7 Å². The lowest BCUT2D eigenvalue weighted by atomic mass is 9.86. The van der Waals surface area contributed by atoms with Gasteiger partial charge in [-0.15, -0.1) is 0 Å². The van der Waals surface area contributed by atoms with Gasteiger partial charge in [0.05, 0.1) is 12.5 Å². The molecule has 1 aliphatic carbocycles. The van der Waals surface area contributed by atoms with Gasteiger partial charge in [0, 0.05) is 19.1 Å². The Morgan fingerprint density at radius 1 is 0.952 bits per heavy atom. The zero-order valence-corrected chi connectivity index (χ0v) is 12.9. The third-order valence-electron chi connectivity index (χ3n) is 4.83. The summed E-state index contributed by atoms with van der Waals surface area (Å²) >= 11 is 0. The summed E-state index contributed by atoms with van der Waals surface area (Å²) in [5, 5.41) is 12.3. The van der Waals surface area contributed by atoms with Gasteiger partial charge in [-0.1, -0.05) is 19.3 Å². The minimum Gasteiger partial charge on any atom is -0.481 e. The second-order valence-electron chi connectivity index (χ2n) is 6.42. The van der Waals surface area contributed by atoms with Gasteiger partial charge in [-0.05, 0) is 38.5 Å². The zero-order chi connectivity index (χ0) is 15.1. The van der Waals surface area contributed by atoms with E-state index in [0.717, 1.165) is 51.6 Å². The third-order valence-corrected chi connectivity index (χ3v) is 4.83. The molecule has 0 aromatic heterocycles. The van der Waals surface area contributed by atoms with E-state index in [0.29, 0.717) is 12.6 Å². The number of aliphatic carboxylic acids is 1. The van der Waals surface area contributed by atoms with Gasteiger partial charge in [-0.2, -0.15) is 0 Å². The first-order valence-corrected chi connectivity index (χ1v) is 8.41. The molecule has 120 valence electrons. The molecule has 1 heterocycles. The van der Waals surface area contributed by atoms with Crippen LogP contribution in [0.2, 0.25) is 0 Å². The Labute approximate surface area is 127 Å². The predicted octanol–water partition coefficient (Wildman–Crippen LogP) is 2.01. The largest absolute Gasteiger partial charge is 0.481 e. The maximum absolute atomic E-state index is 12.2. The fraction of sp³-hybridized carbons (Fsp3) is 0.875. The molecule has 1 saturated heterocycles. The summed E-state index contributed by atoms with van der Waals surface area (Å²) in [4.78, 5) is 25.2. The summed E-state index contributed by atoms with van der Waals surface area (Å²) in [6.45, 7) is 2.20. The van der Waals surface area contributed by atoms with E-state index in [-0.39, 0.29) is 11.8 Å². The number of carboxylic acid groups (broad SMARTS) is 1. The molecular formula is C16H28N2O3. The van der Waals surface area contributed by atoms with E-state index in [1.807, 2.05) is 4.90 Å². The highest BCUT2D eigenvalue weighted by Gasteiger charge is 2.26. The molecule has 2 fully saturated rings. The number of hydrogen-bond acceptors (Lipinski definition) is 3. The molecule has 0 unspecified atom stereocenters. The molecule has 5 heteroatoms. The molecule has 0 atom stereocenters. The van der Waals surface area contributed by atoms with Crippen molar-refractivity contribution >= 4 is 11.9 Å². The molecule has 0 radical (unpaired) electrons. The fourth-order valence-corrected chi connectivity index (χ4v) is 3.38. The summed E-state index contributed by atoms with van der Waals surface area (Å²) in [6.07, 6.45) is 9.19. The number of carboxylic acids is 1. The van der Waals surface area contributed by atoms with Gasteiger partial charge in [-0.3, -0.25) is 9.59 Å². The smallest absolute Gasteiger partial charge is 0.306 e. The summed E-state index contributed by atoms with van der Waals surface area (Å²) < 4.78 is 0. The first-order chi connectivity index (χ1) is 10.2.